The summed E-state index contributed by atoms with van der Waals surface area (Å²) in [5.74, 6) is 0. The van der Waals surface area contributed by atoms with Crippen molar-refractivity contribution in [2.24, 2.45) is 0 Å². The second kappa shape index (κ2) is 4.81. The van der Waals surface area contributed by atoms with Gasteiger partial charge in [0.05, 0.1) is 9.92 Å². The molecule has 0 atom stereocenters. The van der Waals surface area contributed by atoms with Crippen LogP contribution in [0.1, 0.15) is 0 Å². The van der Waals surface area contributed by atoms with Gasteiger partial charge in [-0.05, 0) is 18.2 Å². The van der Waals surface area contributed by atoms with Crippen LogP contribution in [-0.4, -0.2) is 23.2 Å². The minimum absolute atomic E-state index is 0.134. The Balaban J connectivity index is 2.58. The number of hydrogen-bond acceptors (Lipinski definition) is 4. The number of halogens is 2. The quantitative estimate of drug-likeness (QED) is 0.863. The summed E-state index contributed by atoms with van der Waals surface area (Å²) in [4.78, 5) is -0.243. The minimum atomic E-state index is -4.27. The monoisotopic (exact) mass is 304 g/mol. The van der Waals surface area contributed by atoms with Crippen molar-refractivity contribution >= 4 is 33.3 Å². The molecule has 94 valence electrons. The predicted octanol–water partition coefficient (Wildman–Crippen LogP) is 2.70. The third-order valence-electron chi connectivity index (χ3n) is 2.12. The number of benzene rings is 1. The Hall–Kier alpha value is -1.21. The van der Waals surface area contributed by atoms with Crippen molar-refractivity contribution in [3.8, 4) is 11.3 Å². The first-order valence-electron chi connectivity index (χ1n) is 4.64. The van der Waals surface area contributed by atoms with E-state index in [0.717, 1.165) is 0 Å². The molecule has 0 radical (unpaired) electrons. The van der Waals surface area contributed by atoms with Gasteiger partial charge in [0.25, 0.3) is 10.1 Å². The summed E-state index contributed by atoms with van der Waals surface area (Å²) in [5, 5.41) is 7.78. The Kier molecular flexibility index (Phi) is 3.54. The van der Waals surface area contributed by atoms with Crippen LogP contribution in [0.3, 0.4) is 0 Å². The van der Waals surface area contributed by atoms with Crippen LogP contribution >= 0.6 is 23.2 Å². The number of nitrogens with zero attached hydrogens (tertiary/aromatic N) is 2. The smallest absolute Gasteiger partial charge is 0.282 e. The first-order valence-corrected chi connectivity index (χ1v) is 6.84. The van der Waals surface area contributed by atoms with Gasteiger partial charge < -0.3 is 0 Å². The topological polar surface area (TPSA) is 80.2 Å². The van der Waals surface area contributed by atoms with Crippen molar-refractivity contribution in [2.75, 3.05) is 0 Å². The van der Waals surface area contributed by atoms with Gasteiger partial charge in [0.2, 0.25) is 0 Å². The van der Waals surface area contributed by atoms with E-state index in [-0.39, 0.29) is 20.8 Å². The fourth-order valence-electron chi connectivity index (χ4n) is 1.35. The van der Waals surface area contributed by atoms with Gasteiger partial charge in [-0.1, -0.05) is 35.3 Å². The van der Waals surface area contributed by atoms with Crippen LogP contribution in [-0.2, 0) is 10.1 Å². The average Bonchev–Trinajstić information content (AvgIpc) is 2.28. The molecule has 1 N–H and O–H groups in total. The van der Waals surface area contributed by atoms with Gasteiger partial charge >= 0.3 is 0 Å². The van der Waals surface area contributed by atoms with Crippen LogP contribution in [0.2, 0.25) is 10.2 Å². The van der Waals surface area contributed by atoms with Crippen molar-refractivity contribution in [2.45, 2.75) is 4.90 Å². The Labute approximate surface area is 113 Å². The molecule has 0 unspecified atom stereocenters. The van der Waals surface area contributed by atoms with Crippen LogP contribution in [0.25, 0.3) is 11.3 Å². The second-order valence-electron chi connectivity index (χ2n) is 3.37. The summed E-state index contributed by atoms with van der Waals surface area (Å²) in [6.07, 6.45) is 0. The van der Waals surface area contributed by atoms with Crippen molar-refractivity contribution in [1.82, 2.24) is 10.2 Å². The average molecular weight is 305 g/mol. The largest absolute Gasteiger partial charge is 0.294 e. The molecule has 0 aliphatic heterocycles. The third kappa shape index (κ3) is 2.78. The molecule has 0 aliphatic rings. The molecule has 5 nitrogen and oxygen atoms in total. The highest BCUT2D eigenvalue weighted by Gasteiger charge is 2.13. The van der Waals surface area contributed by atoms with E-state index in [1.807, 2.05) is 0 Å². The van der Waals surface area contributed by atoms with E-state index in [9.17, 15) is 8.42 Å². The van der Waals surface area contributed by atoms with Gasteiger partial charge in [-0.15, -0.1) is 10.2 Å². The minimum Gasteiger partial charge on any atom is -0.282 e. The summed E-state index contributed by atoms with van der Waals surface area (Å²) in [7, 11) is -4.27. The molecule has 0 spiro atoms. The molecule has 2 aromatic rings. The first kappa shape index (κ1) is 13.2. The van der Waals surface area contributed by atoms with Gasteiger partial charge in [-0.25, -0.2) is 0 Å². The summed E-state index contributed by atoms with van der Waals surface area (Å²) < 4.78 is 31.0. The molecule has 1 aromatic carbocycles. The molecule has 1 heterocycles. The van der Waals surface area contributed by atoms with Crippen LogP contribution in [0.4, 0.5) is 0 Å². The molecule has 0 aliphatic carbocycles. The summed E-state index contributed by atoms with van der Waals surface area (Å²) in [6, 6.07) is 6.96. The highest BCUT2D eigenvalue weighted by molar-refractivity contribution is 7.85. The molecular formula is C10H6Cl2N2O3S. The first-order chi connectivity index (χ1) is 8.38. The van der Waals surface area contributed by atoms with Crippen molar-refractivity contribution in [3.63, 3.8) is 0 Å². The number of hydrogen-bond donors (Lipinski definition) is 1. The van der Waals surface area contributed by atoms with E-state index in [2.05, 4.69) is 10.2 Å². The lowest BCUT2D eigenvalue weighted by atomic mass is 10.1. The Morgan fingerprint density at radius 1 is 1.11 bits per heavy atom. The maximum atomic E-state index is 11.0. The van der Waals surface area contributed by atoms with Gasteiger partial charge in [-0.2, -0.15) is 8.42 Å². The molecular weight excluding hydrogens is 299 g/mol. The van der Waals surface area contributed by atoms with Crippen LogP contribution < -0.4 is 0 Å². The fourth-order valence-corrected chi connectivity index (χ4v) is 2.33. The zero-order valence-corrected chi connectivity index (χ0v) is 11.0. The zero-order chi connectivity index (χ0) is 13.3. The normalized spacial score (nSPS) is 11.5. The maximum absolute atomic E-state index is 11.0. The van der Waals surface area contributed by atoms with E-state index in [4.69, 9.17) is 27.8 Å². The molecule has 0 saturated carbocycles. The molecule has 1 aromatic heterocycles. The van der Waals surface area contributed by atoms with E-state index in [1.54, 1.807) is 6.07 Å². The van der Waals surface area contributed by atoms with Crippen LogP contribution in [0.5, 0.6) is 0 Å². The van der Waals surface area contributed by atoms with E-state index in [0.29, 0.717) is 5.56 Å². The molecule has 0 saturated heterocycles. The Bertz CT molecular complexity index is 704. The highest BCUT2D eigenvalue weighted by atomic mass is 35.5. The molecule has 8 heteroatoms. The highest BCUT2D eigenvalue weighted by Crippen LogP contribution is 2.28. The molecule has 2 rings (SSSR count). The van der Waals surface area contributed by atoms with Crippen molar-refractivity contribution < 1.29 is 13.0 Å². The number of rotatable bonds is 2. The Morgan fingerprint density at radius 2 is 1.83 bits per heavy atom. The van der Waals surface area contributed by atoms with Gasteiger partial charge in [0.15, 0.2) is 5.15 Å². The van der Waals surface area contributed by atoms with Crippen LogP contribution in [0.15, 0.2) is 35.2 Å². The molecule has 18 heavy (non-hydrogen) atoms. The van der Waals surface area contributed by atoms with Gasteiger partial charge in [-0.3, -0.25) is 4.55 Å². The summed E-state index contributed by atoms with van der Waals surface area (Å²) in [5.41, 5.74) is 0.700. The molecule has 0 fully saturated rings. The maximum Gasteiger partial charge on any atom is 0.294 e. The zero-order valence-electron chi connectivity index (χ0n) is 8.71. The summed E-state index contributed by atoms with van der Waals surface area (Å²) >= 11 is 11.5. The Morgan fingerprint density at radius 3 is 2.44 bits per heavy atom. The number of aromatic nitrogens is 2. The van der Waals surface area contributed by atoms with Gasteiger partial charge in [0, 0.05) is 5.56 Å². The standard InChI is InChI=1S/C10H6Cl2N2O3S/c11-8-5-9(12)13-14-10(8)6-2-1-3-7(4-6)18(15,16)17/h1-5H,(H,15,16,17). The lowest BCUT2D eigenvalue weighted by Gasteiger charge is -2.04. The third-order valence-corrected chi connectivity index (χ3v) is 3.45. The van der Waals surface area contributed by atoms with Crippen molar-refractivity contribution in [1.29, 1.82) is 0 Å². The SMILES string of the molecule is O=S(=O)(O)c1cccc(-c2nnc(Cl)cc2Cl)c1. The molecule has 0 bridgehead atoms. The van der Waals surface area contributed by atoms with E-state index >= 15 is 0 Å². The van der Waals surface area contributed by atoms with E-state index in [1.165, 1.54) is 24.3 Å². The van der Waals surface area contributed by atoms with Crippen molar-refractivity contribution in [3.05, 3.63) is 40.5 Å². The van der Waals surface area contributed by atoms with Gasteiger partial charge in [0.1, 0.15) is 5.69 Å². The van der Waals surface area contributed by atoms with E-state index < -0.39 is 10.1 Å². The van der Waals surface area contributed by atoms with Crippen LogP contribution in [0, 0.1) is 0 Å². The fraction of sp³-hybridized carbons (Fsp3) is 0. The summed E-state index contributed by atoms with van der Waals surface area (Å²) in [6.45, 7) is 0. The predicted molar refractivity (Wildman–Crippen MR) is 67.3 cm³/mol. The lowest BCUT2D eigenvalue weighted by Crippen LogP contribution is -1.98. The molecule has 0 amide bonds. The second-order valence-corrected chi connectivity index (χ2v) is 5.58. The lowest BCUT2D eigenvalue weighted by molar-refractivity contribution is 0.483.